The van der Waals surface area contributed by atoms with Crippen LogP contribution in [0, 0.1) is 11.6 Å². The average Bonchev–Trinajstić information content (AvgIpc) is 2.29. The molecule has 1 heterocycles. The molecular formula is C11H11F2NO2. The van der Waals surface area contributed by atoms with Crippen molar-refractivity contribution in [2.75, 3.05) is 26.3 Å². The number of morpholine rings is 1. The largest absolute Gasteiger partial charge is 0.378 e. The van der Waals surface area contributed by atoms with E-state index in [2.05, 4.69) is 0 Å². The molecule has 1 fully saturated rings. The Balaban J connectivity index is 2.19. The van der Waals surface area contributed by atoms with Gasteiger partial charge in [-0.25, -0.2) is 8.78 Å². The number of carbonyl (C=O) groups excluding carboxylic acids is 1. The number of nitrogens with zero attached hydrogens (tertiary/aromatic N) is 1. The summed E-state index contributed by atoms with van der Waals surface area (Å²) in [5.74, 6) is -1.92. The first-order valence-electron chi connectivity index (χ1n) is 5.00. The van der Waals surface area contributed by atoms with Gasteiger partial charge in [0.15, 0.2) is 0 Å². The predicted molar refractivity (Wildman–Crippen MR) is 53.1 cm³/mol. The normalized spacial score (nSPS) is 16.2. The van der Waals surface area contributed by atoms with Gasteiger partial charge in [-0.15, -0.1) is 0 Å². The summed E-state index contributed by atoms with van der Waals surface area (Å²) in [5.41, 5.74) is -0.0942. The zero-order chi connectivity index (χ0) is 11.5. The smallest absolute Gasteiger partial charge is 0.256 e. The SMILES string of the molecule is O=C(c1ccc(F)cc1F)N1CCOCC1. The van der Waals surface area contributed by atoms with E-state index in [4.69, 9.17) is 4.74 Å². The standard InChI is InChI=1S/C11H11F2NO2/c12-8-1-2-9(10(13)7-8)11(15)14-3-5-16-6-4-14/h1-2,7H,3-6H2. The molecule has 1 aliphatic heterocycles. The van der Waals surface area contributed by atoms with Crippen LogP contribution in [0.5, 0.6) is 0 Å². The summed E-state index contributed by atoms with van der Waals surface area (Å²) in [6.45, 7) is 1.79. The maximum Gasteiger partial charge on any atom is 0.256 e. The number of carbonyl (C=O) groups is 1. The van der Waals surface area contributed by atoms with Gasteiger partial charge in [0.25, 0.3) is 5.91 Å². The van der Waals surface area contributed by atoms with Crippen molar-refractivity contribution >= 4 is 5.91 Å². The van der Waals surface area contributed by atoms with Crippen LogP contribution in [0.2, 0.25) is 0 Å². The van der Waals surface area contributed by atoms with Crippen LogP contribution in [0.25, 0.3) is 0 Å². The highest BCUT2D eigenvalue weighted by molar-refractivity contribution is 5.94. The molecule has 0 bridgehead atoms. The van der Waals surface area contributed by atoms with E-state index in [1.165, 1.54) is 11.0 Å². The quantitative estimate of drug-likeness (QED) is 0.726. The second-order valence-corrected chi connectivity index (χ2v) is 3.53. The Kier molecular flexibility index (Phi) is 3.14. The summed E-state index contributed by atoms with van der Waals surface area (Å²) in [7, 11) is 0. The van der Waals surface area contributed by atoms with Crippen LogP contribution in [-0.2, 0) is 4.74 Å². The molecule has 0 radical (unpaired) electrons. The molecule has 0 unspecified atom stereocenters. The fourth-order valence-electron chi connectivity index (χ4n) is 1.60. The van der Waals surface area contributed by atoms with Gasteiger partial charge in [0.05, 0.1) is 18.8 Å². The topological polar surface area (TPSA) is 29.5 Å². The van der Waals surface area contributed by atoms with E-state index in [9.17, 15) is 13.6 Å². The molecule has 1 aliphatic rings. The lowest BCUT2D eigenvalue weighted by molar-refractivity contribution is 0.0300. The van der Waals surface area contributed by atoms with Crippen molar-refractivity contribution in [1.82, 2.24) is 4.90 Å². The second-order valence-electron chi connectivity index (χ2n) is 3.53. The molecule has 1 saturated heterocycles. The molecule has 1 aromatic carbocycles. The number of benzene rings is 1. The van der Waals surface area contributed by atoms with Crippen LogP contribution in [0.15, 0.2) is 18.2 Å². The molecule has 0 aliphatic carbocycles. The van der Waals surface area contributed by atoms with E-state index in [-0.39, 0.29) is 5.56 Å². The fourth-order valence-corrected chi connectivity index (χ4v) is 1.60. The molecule has 1 amide bonds. The number of rotatable bonds is 1. The van der Waals surface area contributed by atoms with E-state index < -0.39 is 17.5 Å². The summed E-state index contributed by atoms with van der Waals surface area (Å²) >= 11 is 0. The number of amides is 1. The highest BCUT2D eigenvalue weighted by atomic mass is 19.1. The van der Waals surface area contributed by atoms with Crippen molar-refractivity contribution in [3.8, 4) is 0 Å². The lowest BCUT2D eigenvalue weighted by Gasteiger charge is -2.26. The molecule has 0 spiro atoms. The molecule has 0 N–H and O–H groups in total. The van der Waals surface area contributed by atoms with Gasteiger partial charge in [0.2, 0.25) is 0 Å². The Bertz CT molecular complexity index is 403. The number of hydrogen-bond donors (Lipinski definition) is 0. The molecule has 0 atom stereocenters. The van der Waals surface area contributed by atoms with E-state index >= 15 is 0 Å². The minimum Gasteiger partial charge on any atom is -0.378 e. The lowest BCUT2D eigenvalue weighted by Crippen LogP contribution is -2.41. The molecule has 0 saturated carbocycles. The van der Waals surface area contributed by atoms with E-state index in [0.717, 1.165) is 6.07 Å². The van der Waals surface area contributed by atoms with Crippen LogP contribution in [0.1, 0.15) is 10.4 Å². The molecule has 16 heavy (non-hydrogen) atoms. The van der Waals surface area contributed by atoms with Crippen molar-refractivity contribution in [3.05, 3.63) is 35.4 Å². The van der Waals surface area contributed by atoms with Gasteiger partial charge >= 0.3 is 0 Å². The zero-order valence-electron chi connectivity index (χ0n) is 8.58. The minimum absolute atomic E-state index is 0.0942. The summed E-state index contributed by atoms with van der Waals surface area (Å²) in [4.78, 5) is 13.3. The number of ether oxygens (including phenoxy) is 1. The lowest BCUT2D eigenvalue weighted by atomic mass is 10.1. The average molecular weight is 227 g/mol. The predicted octanol–water partition coefficient (Wildman–Crippen LogP) is 1.44. The highest BCUT2D eigenvalue weighted by Gasteiger charge is 2.21. The van der Waals surface area contributed by atoms with Gasteiger partial charge in [-0.3, -0.25) is 4.79 Å². The van der Waals surface area contributed by atoms with Gasteiger partial charge in [-0.05, 0) is 12.1 Å². The van der Waals surface area contributed by atoms with Gasteiger partial charge in [-0.1, -0.05) is 0 Å². The number of hydrogen-bond acceptors (Lipinski definition) is 2. The first kappa shape index (κ1) is 11.0. The van der Waals surface area contributed by atoms with Gasteiger partial charge < -0.3 is 9.64 Å². The third-order valence-electron chi connectivity index (χ3n) is 2.46. The minimum atomic E-state index is -0.823. The molecule has 3 nitrogen and oxygen atoms in total. The zero-order valence-corrected chi connectivity index (χ0v) is 8.58. The summed E-state index contributed by atoms with van der Waals surface area (Å²) in [6.07, 6.45) is 0. The first-order valence-corrected chi connectivity index (χ1v) is 5.00. The van der Waals surface area contributed by atoms with Gasteiger partial charge in [-0.2, -0.15) is 0 Å². The molecule has 5 heteroatoms. The Morgan fingerprint density at radius 3 is 2.56 bits per heavy atom. The van der Waals surface area contributed by atoms with Crippen LogP contribution in [0.4, 0.5) is 8.78 Å². The molecule has 2 rings (SSSR count). The third-order valence-corrected chi connectivity index (χ3v) is 2.46. The van der Waals surface area contributed by atoms with Crippen molar-refractivity contribution in [1.29, 1.82) is 0 Å². The van der Waals surface area contributed by atoms with Crippen molar-refractivity contribution < 1.29 is 18.3 Å². The summed E-state index contributed by atoms with van der Waals surface area (Å²) in [6, 6.07) is 2.97. The van der Waals surface area contributed by atoms with Crippen LogP contribution >= 0.6 is 0 Å². The van der Waals surface area contributed by atoms with Gasteiger partial charge in [0, 0.05) is 19.2 Å². The Morgan fingerprint density at radius 2 is 1.94 bits per heavy atom. The second kappa shape index (κ2) is 4.57. The van der Waals surface area contributed by atoms with Crippen molar-refractivity contribution in [2.24, 2.45) is 0 Å². The first-order chi connectivity index (χ1) is 7.68. The maximum atomic E-state index is 13.3. The van der Waals surface area contributed by atoms with E-state index in [1.54, 1.807) is 0 Å². The Morgan fingerprint density at radius 1 is 1.25 bits per heavy atom. The van der Waals surface area contributed by atoms with E-state index in [0.29, 0.717) is 32.4 Å². The summed E-state index contributed by atoms with van der Waals surface area (Å²) < 4.78 is 31.1. The van der Waals surface area contributed by atoms with Crippen LogP contribution in [0.3, 0.4) is 0 Å². The fraction of sp³-hybridized carbons (Fsp3) is 0.364. The molecule has 86 valence electrons. The molecule has 1 aromatic rings. The monoisotopic (exact) mass is 227 g/mol. The highest BCUT2D eigenvalue weighted by Crippen LogP contribution is 2.13. The van der Waals surface area contributed by atoms with Crippen molar-refractivity contribution in [2.45, 2.75) is 0 Å². The molecular weight excluding hydrogens is 216 g/mol. The van der Waals surface area contributed by atoms with Crippen LogP contribution in [-0.4, -0.2) is 37.1 Å². The summed E-state index contributed by atoms with van der Waals surface area (Å²) in [5, 5.41) is 0. The Labute approximate surface area is 91.6 Å². The van der Waals surface area contributed by atoms with E-state index in [1.807, 2.05) is 0 Å². The van der Waals surface area contributed by atoms with Gasteiger partial charge in [0.1, 0.15) is 11.6 Å². The van der Waals surface area contributed by atoms with Crippen molar-refractivity contribution in [3.63, 3.8) is 0 Å². The third kappa shape index (κ3) is 2.19. The van der Waals surface area contributed by atoms with Crippen LogP contribution < -0.4 is 0 Å². The number of halogens is 2. The molecule has 0 aromatic heterocycles. The maximum absolute atomic E-state index is 13.3. The Hall–Kier alpha value is -1.49.